The van der Waals surface area contributed by atoms with Crippen molar-refractivity contribution in [1.82, 2.24) is 4.98 Å². The molecule has 24 heavy (non-hydrogen) atoms. The number of nitrogens with one attached hydrogen (secondary N) is 1. The zero-order valence-electron chi connectivity index (χ0n) is 13.6. The lowest BCUT2D eigenvalue weighted by Gasteiger charge is -2.19. The van der Waals surface area contributed by atoms with Crippen LogP contribution < -0.4 is 11.1 Å². The number of benzene rings is 1. The van der Waals surface area contributed by atoms with Crippen molar-refractivity contribution in [2.45, 2.75) is 26.4 Å². The number of pyridine rings is 1. The molecule has 2 aromatic rings. The highest BCUT2D eigenvalue weighted by molar-refractivity contribution is 5.85. The number of carbonyl (C=O) groups excluding carboxylic acids is 1. The Balaban J connectivity index is 2.28. The lowest BCUT2D eigenvalue weighted by Crippen LogP contribution is -2.27. The fourth-order valence-electron chi connectivity index (χ4n) is 1.99. The van der Waals surface area contributed by atoms with E-state index in [0.717, 1.165) is 0 Å². The van der Waals surface area contributed by atoms with Gasteiger partial charge >= 0.3 is 6.09 Å². The third-order valence-corrected chi connectivity index (χ3v) is 2.87. The molecule has 126 valence electrons. The van der Waals surface area contributed by atoms with Gasteiger partial charge in [-0.1, -0.05) is 0 Å². The van der Waals surface area contributed by atoms with Crippen LogP contribution in [0.3, 0.4) is 0 Å². The fraction of sp³-hybridized carbons (Fsp3) is 0.250. The average Bonchev–Trinajstić information content (AvgIpc) is 2.44. The van der Waals surface area contributed by atoms with Crippen molar-refractivity contribution in [2.24, 2.45) is 0 Å². The van der Waals surface area contributed by atoms with Crippen LogP contribution in [0, 0.1) is 10.1 Å². The van der Waals surface area contributed by atoms with Gasteiger partial charge in [0.15, 0.2) is 0 Å². The molecule has 1 amide bonds. The summed E-state index contributed by atoms with van der Waals surface area (Å²) in [6.07, 6.45) is 0.850. The van der Waals surface area contributed by atoms with Crippen molar-refractivity contribution < 1.29 is 14.5 Å². The molecule has 0 saturated carbocycles. The number of nitro groups is 1. The molecule has 0 aliphatic carbocycles. The van der Waals surface area contributed by atoms with E-state index >= 15 is 0 Å². The maximum Gasteiger partial charge on any atom is 0.413 e. The second kappa shape index (κ2) is 6.53. The number of rotatable bonds is 3. The summed E-state index contributed by atoms with van der Waals surface area (Å²) in [7, 11) is 0. The van der Waals surface area contributed by atoms with Crippen molar-refractivity contribution in [3.05, 3.63) is 46.6 Å². The smallest absolute Gasteiger partial charge is 0.413 e. The van der Waals surface area contributed by atoms with Crippen molar-refractivity contribution in [3.63, 3.8) is 0 Å². The van der Waals surface area contributed by atoms with E-state index in [2.05, 4.69) is 10.3 Å². The molecule has 8 heteroatoms. The van der Waals surface area contributed by atoms with Crippen LogP contribution >= 0.6 is 0 Å². The molecule has 0 saturated heterocycles. The Morgan fingerprint density at radius 3 is 2.58 bits per heavy atom. The van der Waals surface area contributed by atoms with Gasteiger partial charge < -0.3 is 10.5 Å². The highest BCUT2D eigenvalue weighted by atomic mass is 16.6. The lowest BCUT2D eigenvalue weighted by molar-refractivity contribution is -0.384. The first-order chi connectivity index (χ1) is 11.1. The summed E-state index contributed by atoms with van der Waals surface area (Å²) < 4.78 is 5.16. The normalized spacial score (nSPS) is 11.0. The van der Waals surface area contributed by atoms with E-state index in [1.165, 1.54) is 18.3 Å². The zero-order chi connectivity index (χ0) is 17.9. The van der Waals surface area contributed by atoms with E-state index in [0.29, 0.717) is 11.1 Å². The van der Waals surface area contributed by atoms with E-state index in [1.54, 1.807) is 39.0 Å². The maximum absolute atomic E-state index is 11.8. The van der Waals surface area contributed by atoms with E-state index < -0.39 is 16.6 Å². The highest BCUT2D eigenvalue weighted by Crippen LogP contribution is 2.28. The van der Waals surface area contributed by atoms with Gasteiger partial charge in [0.2, 0.25) is 0 Å². The molecule has 1 heterocycles. The quantitative estimate of drug-likeness (QED) is 0.504. The van der Waals surface area contributed by atoms with E-state index in [-0.39, 0.29) is 17.2 Å². The van der Waals surface area contributed by atoms with E-state index in [9.17, 15) is 14.9 Å². The summed E-state index contributed by atoms with van der Waals surface area (Å²) in [5.74, 6) is 0.270. The third-order valence-electron chi connectivity index (χ3n) is 2.87. The first-order valence-electron chi connectivity index (χ1n) is 7.15. The topological polar surface area (TPSA) is 120 Å². The molecule has 2 rings (SSSR count). The number of anilines is 2. The first-order valence-corrected chi connectivity index (χ1v) is 7.15. The SMILES string of the molecule is CC(C)(C)OC(=O)Nc1cc(-c2cc(N)cc([N+](=O)[O-])c2)ccn1. The number of hydrogen-bond acceptors (Lipinski definition) is 6. The van der Waals surface area contributed by atoms with Gasteiger partial charge in [0.05, 0.1) is 4.92 Å². The molecule has 0 aliphatic rings. The Bertz CT molecular complexity index is 784. The van der Waals surface area contributed by atoms with Crippen molar-refractivity contribution in [1.29, 1.82) is 0 Å². The van der Waals surface area contributed by atoms with Gasteiger partial charge in [0, 0.05) is 24.0 Å². The fourth-order valence-corrected chi connectivity index (χ4v) is 1.99. The molecule has 0 radical (unpaired) electrons. The average molecular weight is 330 g/mol. The van der Waals surface area contributed by atoms with Crippen LogP contribution in [0.2, 0.25) is 0 Å². The van der Waals surface area contributed by atoms with Crippen LogP contribution in [0.15, 0.2) is 36.5 Å². The minimum absolute atomic E-state index is 0.108. The number of non-ortho nitro benzene ring substituents is 1. The Morgan fingerprint density at radius 2 is 1.96 bits per heavy atom. The van der Waals surface area contributed by atoms with Crippen LogP contribution in [0.5, 0.6) is 0 Å². The molecule has 0 bridgehead atoms. The van der Waals surface area contributed by atoms with Crippen LogP contribution in [0.1, 0.15) is 20.8 Å². The van der Waals surface area contributed by atoms with Gasteiger partial charge in [0.25, 0.3) is 5.69 Å². The van der Waals surface area contributed by atoms with Gasteiger partial charge in [-0.3, -0.25) is 15.4 Å². The molecule has 8 nitrogen and oxygen atoms in total. The van der Waals surface area contributed by atoms with Crippen LogP contribution in [-0.2, 0) is 4.74 Å². The number of nitrogens with zero attached hydrogens (tertiary/aromatic N) is 2. The second-order valence-corrected chi connectivity index (χ2v) is 6.13. The predicted molar refractivity (Wildman–Crippen MR) is 90.6 cm³/mol. The van der Waals surface area contributed by atoms with Gasteiger partial charge in [0.1, 0.15) is 11.4 Å². The molecule has 0 aliphatic heterocycles. The molecule has 1 aromatic heterocycles. The second-order valence-electron chi connectivity index (χ2n) is 6.13. The zero-order valence-corrected chi connectivity index (χ0v) is 13.6. The number of amides is 1. The van der Waals surface area contributed by atoms with Gasteiger partial charge in [-0.15, -0.1) is 0 Å². The number of carbonyl (C=O) groups is 1. The molecular weight excluding hydrogens is 312 g/mol. The number of hydrogen-bond donors (Lipinski definition) is 2. The summed E-state index contributed by atoms with van der Waals surface area (Å²) in [6, 6.07) is 7.55. The minimum Gasteiger partial charge on any atom is -0.444 e. The standard InChI is InChI=1S/C16H18N4O4/c1-16(2,3)24-15(21)19-14-8-10(4-5-18-14)11-6-12(17)9-13(7-11)20(22)23/h4-9H,17H2,1-3H3,(H,18,19,21). The number of aromatic nitrogens is 1. The lowest BCUT2D eigenvalue weighted by atomic mass is 10.1. The Kier molecular flexibility index (Phi) is 4.68. The Hall–Kier alpha value is -3.16. The largest absolute Gasteiger partial charge is 0.444 e. The molecular formula is C16H18N4O4. The molecule has 1 aromatic carbocycles. The highest BCUT2D eigenvalue weighted by Gasteiger charge is 2.17. The molecule has 3 N–H and O–H groups in total. The predicted octanol–water partition coefficient (Wildman–Crippen LogP) is 3.59. The van der Waals surface area contributed by atoms with Crippen LogP contribution in [0.4, 0.5) is 22.0 Å². The number of nitro benzene ring substituents is 1. The van der Waals surface area contributed by atoms with E-state index in [4.69, 9.17) is 10.5 Å². The van der Waals surface area contributed by atoms with Crippen LogP contribution in [-0.4, -0.2) is 21.6 Å². The summed E-state index contributed by atoms with van der Waals surface area (Å²) in [5.41, 5.74) is 6.43. The van der Waals surface area contributed by atoms with Gasteiger partial charge in [-0.05, 0) is 50.1 Å². The molecule has 0 spiro atoms. The van der Waals surface area contributed by atoms with E-state index in [1.807, 2.05) is 0 Å². The summed E-state index contributed by atoms with van der Waals surface area (Å²) >= 11 is 0. The number of nitrogens with two attached hydrogens (primary N) is 1. The monoisotopic (exact) mass is 330 g/mol. The Morgan fingerprint density at radius 1 is 1.25 bits per heavy atom. The maximum atomic E-state index is 11.8. The first kappa shape index (κ1) is 17.2. The van der Waals surface area contributed by atoms with Crippen LogP contribution in [0.25, 0.3) is 11.1 Å². The van der Waals surface area contributed by atoms with Gasteiger partial charge in [-0.25, -0.2) is 9.78 Å². The third kappa shape index (κ3) is 4.67. The van der Waals surface area contributed by atoms with Crippen molar-refractivity contribution in [2.75, 3.05) is 11.1 Å². The Labute approximate surface area is 138 Å². The molecule has 0 unspecified atom stereocenters. The number of ether oxygens (including phenoxy) is 1. The molecule has 0 atom stereocenters. The number of nitrogen functional groups attached to an aromatic ring is 1. The summed E-state index contributed by atoms with van der Waals surface area (Å²) in [4.78, 5) is 26.3. The summed E-state index contributed by atoms with van der Waals surface area (Å²) in [5, 5.41) is 13.5. The van der Waals surface area contributed by atoms with Crippen molar-refractivity contribution >= 4 is 23.3 Å². The minimum atomic E-state index is -0.634. The van der Waals surface area contributed by atoms with Crippen molar-refractivity contribution in [3.8, 4) is 11.1 Å². The van der Waals surface area contributed by atoms with Gasteiger partial charge in [-0.2, -0.15) is 0 Å². The molecule has 0 fully saturated rings. The summed E-state index contributed by atoms with van der Waals surface area (Å²) in [6.45, 7) is 5.26.